The summed E-state index contributed by atoms with van der Waals surface area (Å²) >= 11 is 0. The van der Waals surface area contributed by atoms with Gasteiger partial charge in [-0.15, -0.1) is 0 Å². The van der Waals surface area contributed by atoms with Gasteiger partial charge < -0.3 is 0 Å². The SMILES string of the molecule is CCCCCCCCCCCCCCCC(C)CCCC(C)CCCCCC. The maximum Gasteiger partial charge on any atom is -0.0443 e. The van der Waals surface area contributed by atoms with Crippen LogP contribution in [0.4, 0.5) is 0 Å². The molecule has 0 aliphatic heterocycles. The molecule has 0 saturated carbocycles. The zero-order chi connectivity index (χ0) is 20.7. The molecule has 0 heteroatoms. The predicted octanol–water partition coefficient (Wildman–Crippen LogP) is 10.9. The highest BCUT2D eigenvalue weighted by atomic mass is 14.1. The van der Waals surface area contributed by atoms with Crippen LogP contribution in [0.25, 0.3) is 0 Å². The second kappa shape index (κ2) is 23.3. The van der Waals surface area contributed by atoms with Gasteiger partial charge in [-0.25, -0.2) is 0 Å². The Balaban J connectivity index is 3.23. The molecule has 2 unspecified atom stereocenters. The number of hydrogen-bond donors (Lipinski definition) is 0. The van der Waals surface area contributed by atoms with Crippen LogP contribution in [0, 0.1) is 11.8 Å². The van der Waals surface area contributed by atoms with Gasteiger partial charge in [0.05, 0.1) is 0 Å². The second-order valence-electron chi connectivity index (χ2n) is 10.0. The Bertz CT molecular complexity index is 269. The molecule has 0 radical (unpaired) electrons. The minimum absolute atomic E-state index is 0.958. The summed E-state index contributed by atoms with van der Waals surface area (Å²) in [6.45, 7) is 9.58. The molecule has 0 aromatic rings. The van der Waals surface area contributed by atoms with Crippen molar-refractivity contribution in [3.8, 4) is 0 Å². The summed E-state index contributed by atoms with van der Waals surface area (Å²) < 4.78 is 0. The Labute approximate surface area is 181 Å². The smallest absolute Gasteiger partial charge is 0.0443 e. The maximum atomic E-state index is 2.49. The van der Waals surface area contributed by atoms with Crippen LogP contribution in [0.3, 0.4) is 0 Å². The highest BCUT2D eigenvalue weighted by Gasteiger charge is 2.06. The lowest BCUT2D eigenvalue weighted by atomic mass is 9.92. The molecule has 0 aromatic heterocycles. The van der Waals surface area contributed by atoms with Crippen molar-refractivity contribution >= 4 is 0 Å². The van der Waals surface area contributed by atoms with Gasteiger partial charge in [0.15, 0.2) is 0 Å². The average Bonchev–Trinajstić information content (AvgIpc) is 2.69. The van der Waals surface area contributed by atoms with Crippen molar-refractivity contribution in [2.24, 2.45) is 11.8 Å². The molecule has 0 fully saturated rings. The molecule has 0 spiro atoms. The number of unbranched alkanes of at least 4 members (excludes halogenated alkanes) is 15. The minimum Gasteiger partial charge on any atom is -0.0654 e. The van der Waals surface area contributed by atoms with E-state index >= 15 is 0 Å². The van der Waals surface area contributed by atoms with Crippen LogP contribution in [-0.4, -0.2) is 0 Å². The highest BCUT2D eigenvalue weighted by Crippen LogP contribution is 2.21. The summed E-state index contributed by atoms with van der Waals surface area (Å²) in [6.07, 6.45) is 32.2. The van der Waals surface area contributed by atoms with Crippen molar-refractivity contribution < 1.29 is 0 Å². The van der Waals surface area contributed by atoms with Crippen LogP contribution in [-0.2, 0) is 0 Å². The fraction of sp³-hybridized carbons (Fsp3) is 1.00. The molecule has 170 valence electrons. The van der Waals surface area contributed by atoms with Crippen molar-refractivity contribution in [2.75, 3.05) is 0 Å². The van der Waals surface area contributed by atoms with E-state index in [1.54, 1.807) is 0 Å². The van der Waals surface area contributed by atoms with Crippen LogP contribution in [0.1, 0.15) is 169 Å². The van der Waals surface area contributed by atoms with Crippen LogP contribution in [0.5, 0.6) is 0 Å². The van der Waals surface area contributed by atoms with E-state index < -0.39 is 0 Å². The first-order valence-electron chi connectivity index (χ1n) is 13.7. The molecule has 0 amide bonds. The van der Waals surface area contributed by atoms with E-state index in [4.69, 9.17) is 0 Å². The molecule has 0 heterocycles. The van der Waals surface area contributed by atoms with Gasteiger partial charge in [-0.1, -0.05) is 169 Å². The van der Waals surface area contributed by atoms with Crippen molar-refractivity contribution in [3.63, 3.8) is 0 Å². The highest BCUT2D eigenvalue weighted by molar-refractivity contribution is 4.59. The number of rotatable bonds is 23. The van der Waals surface area contributed by atoms with Gasteiger partial charge in [0.2, 0.25) is 0 Å². The third-order valence-corrected chi connectivity index (χ3v) is 6.74. The Morgan fingerprint density at radius 1 is 0.321 bits per heavy atom. The van der Waals surface area contributed by atoms with E-state index in [1.165, 1.54) is 141 Å². The Morgan fingerprint density at radius 2 is 0.571 bits per heavy atom. The van der Waals surface area contributed by atoms with Crippen molar-refractivity contribution in [2.45, 2.75) is 169 Å². The molecule has 0 nitrogen and oxygen atoms in total. The van der Waals surface area contributed by atoms with Crippen LogP contribution < -0.4 is 0 Å². The molecule has 0 aliphatic carbocycles. The molecule has 0 rings (SSSR count). The zero-order valence-electron chi connectivity index (χ0n) is 20.7. The molecule has 0 N–H and O–H groups in total. The molecule has 28 heavy (non-hydrogen) atoms. The van der Waals surface area contributed by atoms with E-state index in [0.29, 0.717) is 0 Å². The van der Waals surface area contributed by atoms with Gasteiger partial charge in [0, 0.05) is 0 Å². The first-order valence-corrected chi connectivity index (χ1v) is 13.7. The molecule has 0 bridgehead atoms. The lowest BCUT2D eigenvalue weighted by molar-refractivity contribution is 0.391. The molecule has 0 saturated heterocycles. The summed E-state index contributed by atoms with van der Waals surface area (Å²) in [5, 5.41) is 0. The van der Waals surface area contributed by atoms with E-state index in [-0.39, 0.29) is 0 Å². The number of hydrogen-bond acceptors (Lipinski definition) is 0. The van der Waals surface area contributed by atoms with Gasteiger partial charge in [0.1, 0.15) is 0 Å². The van der Waals surface area contributed by atoms with Crippen LogP contribution in [0.2, 0.25) is 0 Å². The van der Waals surface area contributed by atoms with Gasteiger partial charge in [-0.05, 0) is 11.8 Å². The molecule has 2 atom stereocenters. The standard InChI is InChI=1S/C28H58/c1-5-7-9-11-12-13-14-15-16-17-18-19-21-24-28(4)26-22-25-27(3)23-20-10-8-6-2/h27-28H,5-26H2,1-4H3. The summed E-state index contributed by atoms with van der Waals surface area (Å²) in [5.74, 6) is 1.92. The van der Waals surface area contributed by atoms with E-state index in [2.05, 4.69) is 27.7 Å². The lowest BCUT2D eigenvalue weighted by Gasteiger charge is -2.14. The minimum atomic E-state index is 0.958. The molecular weight excluding hydrogens is 336 g/mol. The third kappa shape index (κ3) is 22.3. The average molecular weight is 395 g/mol. The normalized spacial score (nSPS) is 13.7. The van der Waals surface area contributed by atoms with E-state index in [0.717, 1.165) is 11.8 Å². The maximum absolute atomic E-state index is 2.49. The summed E-state index contributed by atoms with van der Waals surface area (Å²) in [7, 11) is 0. The Kier molecular flexibility index (Phi) is 23.3. The quantitative estimate of drug-likeness (QED) is 0.151. The van der Waals surface area contributed by atoms with E-state index in [1.807, 2.05) is 0 Å². The fourth-order valence-electron chi connectivity index (χ4n) is 4.53. The van der Waals surface area contributed by atoms with Crippen molar-refractivity contribution in [1.29, 1.82) is 0 Å². The lowest BCUT2D eigenvalue weighted by Crippen LogP contribution is -1.99. The van der Waals surface area contributed by atoms with Crippen LogP contribution in [0.15, 0.2) is 0 Å². The molecular formula is C28H58. The Morgan fingerprint density at radius 3 is 0.929 bits per heavy atom. The summed E-state index contributed by atoms with van der Waals surface area (Å²) in [4.78, 5) is 0. The van der Waals surface area contributed by atoms with Gasteiger partial charge in [-0.3, -0.25) is 0 Å². The van der Waals surface area contributed by atoms with Crippen molar-refractivity contribution in [3.05, 3.63) is 0 Å². The largest absolute Gasteiger partial charge is 0.0654 e. The van der Waals surface area contributed by atoms with Gasteiger partial charge in [-0.2, -0.15) is 0 Å². The summed E-state index contributed by atoms with van der Waals surface area (Å²) in [6, 6.07) is 0. The molecule has 0 aromatic carbocycles. The monoisotopic (exact) mass is 394 g/mol. The zero-order valence-corrected chi connectivity index (χ0v) is 20.7. The van der Waals surface area contributed by atoms with Gasteiger partial charge >= 0.3 is 0 Å². The van der Waals surface area contributed by atoms with E-state index in [9.17, 15) is 0 Å². The van der Waals surface area contributed by atoms with Crippen LogP contribution >= 0.6 is 0 Å². The first-order chi connectivity index (χ1) is 13.7. The first kappa shape index (κ1) is 28.0. The summed E-state index contributed by atoms with van der Waals surface area (Å²) in [5.41, 5.74) is 0. The topological polar surface area (TPSA) is 0 Å². The second-order valence-corrected chi connectivity index (χ2v) is 10.0. The fourth-order valence-corrected chi connectivity index (χ4v) is 4.53. The van der Waals surface area contributed by atoms with Gasteiger partial charge in [0.25, 0.3) is 0 Å². The predicted molar refractivity (Wildman–Crippen MR) is 131 cm³/mol. The molecule has 0 aliphatic rings. The Hall–Kier alpha value is 0. The van der Waals surface area contributed by atoms with Crippen molar-refractivity contribution in [1.82, 2.24) is 0 Å². The third-order valence-electron chi connectivity index (χ3n) is 6.74.